The molecule has 1 amide bonds. The van der Waals surface area contributed by atoms with Gasteiger partial charge in [0.25, 0.3) is 5.91 Å². The number of rotatable bonds is 6. The first-order valence-electron chi connectivity index (χ1n) is 13.3. The third kappa shape index (κ3) is 6.16. The van der Waals surface area contributed by atoms with E-state index in [4.69, 9.17) is 9.47 Å². The average molecular weight is 536 g/mol. The first-order chi connectivity index (χ1) is 19.2. The van der Waals surface area contributed by atoms with E-state index in [1.54, 1.807) is 24.4 Å². The minimum Gasteiger partial charge on any atom is -0.457 e. The molecule has 0 bridgehead atoms. The van der Waals surface area contributed by atoms with Crippen LogP contribution >= 0.6 is 0 Å². The summed E-state index contributed by atoms with van der Waals surface area (Å²) in [5, 5.41) is 17.2. The van der Waals surface area contributed by atoms with Crippen molar-refractivity contribution in [3.63, 3.8) is 0 Å². The molecule has 3 aromatic carbocycles. The van der Waals surface area contributed by atoms with Crippen molar-refractivity contribution in [2.24, 2.45) is 0 Å². The summed E-state index contributed by atoms with van der Waals surface area (Å²) in [7, 11) is 0. The minimum absolute atomic E-state index is 0.149. The molecule has 0 aliphatic carbocycles. The van der Waals surface area contributed by atoms with Gasteiger partial charge in [-0.05, 0) is 87.9 Å². The number of pyridine rings is 1. The lowest BCUT2D eigenvalue weighted by Gasteiger charge is -2.29. The summed E-state index contributed by atoms with van der Waals surface area (Å²) in [6.07, 6.45) is 1.60. The van der Waals surface area contributed by atoms with E-state index in [0.717, 1.165) is 40.9 Å². The molecule has 1 aliphatic heterocycles. The molecule has 40 heavy (non-hydrogen) atoms. The molecule has 0 atom stereocenters. The molecule has 2 heterocycles. The smallest absolute Gasteiger partial charge is 0.251 e. The zero-order valence-corrected chi connectivity index (χ0v) is 23.2. The second kappa shape index (κ2) is 11.2. The number of hydrogen-bond acceptors (Lipinski definition) is 7. The predicted molar refractivity (Wildman–Crippen MR) is 158 cm³/mol. The molecule has 1 aliphatic rings. The van der Waals surface area contributed by atoms with Gasteiger partial charge in [0, 0.05) is 47.1 Å². The van der Waals surface area contributed by atoms with Crippen LogP contribution in [0.15, 0.2) is 66.9 Å². The molecule has 0 unspecified atom stereocenters. The molecule has 5 rings (SSSR count). The Morgan fingerprint density at radius 3 is 2.60 bits per heavy atom. The molecule has 8 nitrogen and oxygen atoms in total. The van der Waals surface area contributed by atoms with Crippen LogP contribution in [0.3, 0.4) is 0 Å². The van der Waals surface area contributed by atoms with Gasteiger partial charge in [0.15, 0.2) is 0 Å². The van der Waals surface area contributed by atoms with Crippen molar-refractivity contribution in [3.8, 4) is 17.6 Å². The van der Waals surface area contributed by atoms with Gasteiger partial charge in [0.1, 0.15) is 17.6 Å². The highest BCUT2D eigenvalue weighted by atomic mass is 16.5. The fraction of sp³-hybridized carbons (Fsp3) is 0.281. The van der Waals surface area contributed by atoms with Crippen LogP contribution in [0.1, 0.15) is 42.3 Å². The largest absolute Gasteiger partial charge is 0.457 e. The zero-order chi connectivity index (χ0) is 28.3. The molecule has 1 fully saturated rings. The van der Waals surface area contributed by atoms with Crippen LogP contribution in [0, 0.1) is 18.3 Å². The highest BCUT2D eigenvalue weighted by Gasteiger charge is 2.17. The Labute approximate surface area is 234 Å². The van der Waals surface area contributed by atoms with Crippen LogP contribution in [0.25, 0.3) is 10.9 Å². The van der Waals surface area contributed by atoms with Gasteiger partial charge in [-0.25, -0.2) is 0 Å². The van der Waals surface area contributed by atoms with E-state index in [1.165, 1.54) is 0 Å². The van der Waals surface area contributed by atoms with Crippen molar-refractivity contribution in [2.45, 2.75) is 33.2 Å². The van der Waals surface area contributed by atoms with Crippen LogP contribution in [0.4, 0.5) is 17.1 Å². The summed E-state index contributed by atoms with van der Waals surface area (Å²) in [5.41, 5.74) is 5.00. The Kier molecular flexibility index (Phi) is 7.58. The number of nitriles is 1. The van der Waals surface area contributed by atoms with Gasteiger partial charge in [0.05, 0.1) is 30.0 Å². The van der Waals surface area contributed by atoms with Crippen molar-refractivity contribution in [1.29, 1.82) is 5.26 Å². The van der Waals surface area contributed by atoms with Gasteiger partial charge in [-0.2, -0.15) is 5.26 Å². The maximum Gasteiger partial charge on any atom is 0.251 e. The normalized spacial score (nSPS) is 13.5. The number of aromatic nitrogens is 1. The zero-order valence-electron chi connectivity index (χ0n) is 23.2. The van der Waals surface area contributed by atoms with Crippen molar-refractivity contribution in [1.82, 2.24) is 10.3 Å². The van der Waals surface area contributed by atoms with E-state index in [1.807, 2.05) is 58.0 Å². The summed E-state index contributed by atoms with van der Waals surface area (Å²) in [4.78, 5) is 19.4. The summed E-state index contributed by atoms with van der Waals surface area (Å²) in [6.45, 7) is 10.8. The van der Waals surface area contributed by atoms with E-state index in [9.17, 15) is 10.1 Å². The van der Waals surface area contributed by atoms with Gasteiger partial charge in [-0.15, -0.1) is 0 Å². The Morgan fingerprint density at radius 1 is 1.07 bits per heavy atom. The summed E-state index contributed by atoms with van der Waals surface area (Å²) in [6, 6.07) is 21.3. The van der Waals surface area contributed by atoms with Crippen LogP contribution in [0.5, 0.6) is 11.5 Å². The number of carbonyl (C=O) groups excluding carboxylic acids is 1. The van der Waals surface area contributed by atoms with E-state index in [2.05, 4.69) is 38.7 Å². The van der Waals surface area contributed by atoms with Gasteiger partial charge in [-0.1, -0.05) is 6.07 Å². The number of benzene rings is 3. The fourth-order valence-electron chi connectivity index (χ4n) is 4.64. The van der Waals surface area contributed by atoms with Crippen molar-refractivity contribution < 1.29 is 14.3 Å². The first-order valence-corrected chi connectivity index (χ1v) is 13.3. The topological polar surface area (TPSA) is 99.5 Å². The van der Waals surface area contributed by atoms with Crippen molar-refractivity contribution in [2.75, 3.05) is 36.5 Å². The van der Waals surface area contributed by atoms with Gasteiger partial charge < -0.3 is 25.0 Å². The standard InChI is InChI=1S/C32H33N5O3/c1-21-16-24(8-11-29(21)40-26-7-5-6-22(17-26)31(38)36-32(2,3)4)35-30-23(19-33)20-34-28-10-9-25(18-27(28)30)37-12-14-39-15-13-37/h5-11,16-18,20H,12-15H2,1-4H3,(H,34,35)(H,36,38). The van der Waals surface area contributed by atoms with Gasteiger partial charge in [0.2, 0.25) is 0 Å². The number of carbonyl (C=O) groups is 1. The molecule has 0 radical (unpaired) electrons. The predicted octanol–water partition coefficient (Wildman–Crippen LogP) is 6.32. The second-order valence-electron chi connectivity index (χ2n) is 10.9. The molecule has 2 N–H and O–H groups in total. The third-order valence-electron chi connectivity index (χ3n) is 6.61. The highest BCUT2D eigenvalue weighted by molar-refractivity contribution is 5.98. The highest BCUT2D eigenvalue weighted by Crippen LogP contribution is 2.34. The molecule has 1 aromatic heterocycles. The third-order valence-corrected chi connectivity index (χ3v) is 6.61. The molecular formula is C32H33N5O3. The van der Waals surface area contributed by atoms with Gasteiger partial charge >= 0.3 is 0 Å². The minimum atomic E-state index is -0.330. The van der Waals surface area contributed by atoms with E-state index in [0.29, 0.717) is 41.5 Å². The number of nitrogens with one attached hydrogen (secondary N) is 2. The van der Waals surface area contributed by atoms with Crippen LogP contribution < -0.4 is 20.3 Å². The summed E-state index contributed by atoms with van der Waals surface area (Å²) in [5.74, 6) is 1.10. The summed E-state index contributed by atoms with van der Waals surface area (Å²) >= 11 is 0. The maximum absolute atomic E-state index is 12.6. The lowest BCUT2D eigenvalue weighted by Crippen LogP contribution is -2.40. The molecule has 1 saturated heterocycles. The van der Waals surface area contributed by atoms with E-state index in [-0.39, 0.29) is 11.4 Å². The van der Waals surface area contributed by atoms with Gasteiger partial charge in [-0.3, -0.25) is 9.78 Å². The maximum atomic E-state index is 12.6. The van der Waals surface area contributed by atoms with Crippen molar-refractivity contribution in [3.05, 3.63) is 83.6 Å². The molecular weight excluding hydrogens is 502 g/mol. The van der Waals surface area contributed by atoms with Crippen LogP contribution in [-0.2, 0) is 4.74 Å². The Balaban J connectivity index is 1.39. The Bertz CT molecular complexity index is 1600. The quantitative estimate of drug-likeness (QED) is 0.298. The van der Waals surface area contributed by atoms with Crippen LogP contribution in [0.2, 0.25) is 0 Å². The monoisotopic (exact) mass is 535 g/mol. The Morgan fingerprint density at radius 2 is 1.88 bits per heavy atom. The molecule has 0 saturated carbocycles. The number of aryl methyl sites for hydroxylation is 1. The molecule has 4 aromatic rings. The lowest BCUT2D eigenvalue weighted by atomic mass is 10.1. The number of fused-ring (bicyclic) bond motifs is 1. The average Bonchev–Trinajstić information content (AvgIpc) is 2.94. The second-order valence-corrected chi connectivity index (χ2v) is 10.9. The number of nitrogens with zero attached hydrogens (tertiary/aromatic N) is 3. The first kappa shape index (κ1) is 27.0. The SMILES string of the molecule is Cc1cc(Nc2c(C#N)cnc3ccc(N4CCOCC4)cc23)ccc1Oc1cccc(C(=O)NC(C)(C)C)c1. The van der Waals surface area contributed by atoms with Crippen molar-refractivity contribution >= 4 is 33.9 Å². The number of hydrogen-bond donors (Lipinski definition) is 2. The van der Waals surface area contributed by atoms with Crippen LogP contribution in [-0.4, -0.2) is 42.7 Å². The number of ether oxygens (including phenoxy) is 2. The summed E-state index contributed by atoms with van der Waals surface area (Å²) < 4.78 is 11.6. The molecule has 8 heteroatoms. The molecule has 204 valence electrons. The number of anilines is 3. The van der Waals surface area contributed by atoms with E-state index >= 15 is 0 Å². The lowest BCUT2D eigenvalue weighted by molar-refractivity contribution is 0.0919. The molecule has 0 spiro atoms. The number of amides is 1. The number of morpholine rings is 1. The Hall–Kier alpha value is -4.61. The fourth-order valence-corrected chi connectivity index (χ4v) is 4.64. The van der Waals surface area contributed by atoms with E-state index < -0.39 is 0 Å².